The van der Waals surface area contributed by atoms with Crippen LogP contribution in [0.3, 0.4) is 0 Å². The first-order valence-corrected chi connectivity index (χ1v) is 9.21. The Morgan fingerprint density at radius 1 is 0.929 bits per heavy atom. The molecule has 1 N–H and O–H groups in total. The molecule has 0 saturated carbocycles. The van der Waals surface area contributed by atoms with Crippen molar-refractivity contribution in [2.75, 3.05) is 0 Å². The number of hydrogen-bond donors (Lipinski definition) is 1. The van der Waals surface area contributed by atoms with Crippen molar-refractivity contribution in [3.05, 3.63) is 102 Å². The van der Waals surface area contributed by atoms with Gasteiger partial charge in [-0.05, 0) is 23.3 Å². The molecule has 0 aliphatic carbocycles. The molecule has 5 heteroatoms. The van der Waals surface area contributed by atoms with Crippen molar-refractivity contribution in [1.82, 2.24) is 9.88 Å². The van der Waals surface area contributed by atoms with Crippen LogP contribution in [0.5, 0.6) is 0 Å². The molecule has 3 aromatic rings. The fourth-order valence-corrected chi connectivity index (χ4v) is 3.01. The Bertz CT molecular complexity index is 995. The molecule has 0 aliphatic rings. The molecule has 142 valence electrons. The minimum Gasteiger partial charge on any atom is -0.349 e. The summed E-state index contributed by atoms with van der Waals surface area (Å²) in [6, 6.07) is 24.7. The Morgan fingerprint density at radius 2 is 1.57 bits per heavy atom. The Morgan fingerprint density at radius 3 is 2.25 bits per heavy atom. The standard InChI is InChI=1S/C23H23N3O2/c1-18(27)24-21(20-12-6-3-7-13-20)16-23(28)25-22-14-8-9-15-26(22)17-19-10-4-2-5-11-19/h2-15,21H,16-17H2,1H3,(H,24,27). The van der Waals surface area contributed by atoms with Gasteiger partial charge in [-0.3, -0.25) is 9.59 Å². The lowest BCUT2D eigenvalue weighted by atomic mass is 10.0. The molecule has 2 amide bonds. The number of aromatic nitrogens is 1. The van der Waals surface area contributed by atoms with Gasteiger partial charge < -0.3 is 9.88 Å². The molecule has 0 spiro atoms. The molecule has 5 nitrogen and oxygen atoms in total. The third kappa shape index (κ3) is 5.51. The molecule has 0 aliphatic heterocycles. The molecule has 28 heavy (non-hydrogen) atoms. The maximum absolute atomic E-state index is 12.7. The van der Waals surface area contributed by atoms with E-state index in [1.165, 1.54) is 6.92 Å². The highest BCUT2D eigenvalue weighted by Crippen LogP contribution is 2.17. The van der Waals surface area contributed by atoms with E-state index in [2.05, 4.69) is 10.3 Å². The quantitative estimate of drug-likeness (QED) is 0.721. The predicted octanol–water partition coefficient (Wildman–Crippen LogP) is 3.23. The second-order valence-electron chi connectivity index (χ2n) is 6.55. The highest BCUT2D eigenvalue weighted by atomic mass is 16.2. The first-order chi connectivity index (χ1) is 13.6. The lowest BCUT2D eigenvalue weighted by molar-refractivity contribution is -0.121. The number of hydrogen-bond acceptors (Lipinski definition) is 2. The van der Waals surface area contributed by atoms with Crippen LogP contribution in [0.4, 0.5) is 0 Å². The van der Waals surface area contributed by atoms with Crippen molar-refractivity contribution in [2.45, 2.75) is 25.9 Å². The number of carbonyl (C=O) groups is 2. The Kier molecular flexibility index (Phi) is 6.52. The Balaban J connectivity index is 1.82. The summed E-state index contributed by atoms with van der Waals surface area (Å²) in [5.74, 6) is -0.462. The summed E-state index contributed by atoms with van der Waals surface area (Å²) in [7, 11) is 0. The van der Waals surface area contributed by atoms with E-state index >= 15 is 0 Å². The number of nitrogens with one attached hydrogen (secondary N) is 1. The van der Waals surface area contributed by atoms with Crippen LogP contribution in [0.15, 0.2) is 90.1 Å². The zero-order valence-corrected chi connectivity index (χ0v) is 15.8. The number of nitrogens with zero attached hydrogens (tertiary/aromatic N) is 2. The molecule has 1 heterocycles. The van der Waals surface area contributed by atoms with E-state index in [0.29, 0.717) is 12.0 Å². The van der Waals surface area contributed by atoms with Crippen LogP contribution in [0.2, 0.25) is 0 Å². The van der Waals surface area contributed by atoms with E-state index in [-0.39, 0.29) is 18.2 Å². The van der Waals surface area contributed by atoms with Gasteiger partial charge in [0.05, 0.1) is 12.5 Å². The van der Waals surface area contributed by atoms with Gasteiger partial charge in [0.1, 0.15) is 5.49 Å². The topological polar surface area (TPSA) is 63.5 Å². The van der Waals surface area contributed by atoms with Crippen LogP contribution in [-0.4, -0.2) is 16.4 Å². The monoisotopic (exact) mass is 373 g/mol. The molecule has 0 bridgehead atoms. The molecule has 3 rings (SSSR count). The van der Waals surface area contributed by atoms with E-state index < -0.39 is 6.04 Å². The van der Waals surface area contributed by atoms with Crippen LogP contribution < -0.4 is 10.8 Å². The van der Waals surface area contributed by atoms with Gasteiger partial charge in [-0.2, -0.15) is 4.99 Å². The number of amides is 2. The van der Waals surface area contributed by atoms with Gasteiger partial charge in [0.15, 0.2) is 0 Å². The van der Waals surface area contributed by atoms with E-state index in [9.17, 15) is 9.59 Å². The highest BCUT2D eigenvalue weighted by Gasteiger charge is 2.16. The van der Waals surface area contributed by atoms with Gasteiger partial charge in [-0.15, -0.1) is 0 Å². The normalized spacial score (nSPS) is 12.4. The van der Waals surface area contributed by atoms with E-state index in [4.69, 9.17) is 0 Å². The number of benzene rings is 2. The summed E-state index contributed by atoms with van der Waals surface area (Å²) in [4.78, 5) is 28.5. The fourth-order valence-electron chi connectivity index (χ4n) is 3.01. The lowest BCUT2D eigenvalue weighted by Crippen LogP contribution is -2.29. The summed E-state index contributed by atoms with van der Waals surface area (Å²) in [6.45, 7) is 2.07. The zero-order valence-electron chi connectivity index (χ0n) is 15.8. The Hall–Kier alpha value is -3.47. The number of carbonyl (C=O) groups excluding carboxylic acids is 2. The van der Waals surface area contributed by atoms with E-state index in [1.54, 1.807) is 0 Å². The van der Waals surface area contributed by atoms with Gasteiger partial charge in [0.2, 0.25) is 11.8 Å². The van der Waals surface area contributed by atoms with Crippen molar-refractivity contribution >= 4 is 11.8 Å². The van der Waals surface area contributed by atoms with Crippen LogP contribution in [0.1, 0.15) is 30.5 Å². The van der Waals surface area contributed by atoms with Crippen LogP contribution >= 0.6 is 0 Å². The molecule has 1 atom stereocenters. The van der Waals surface area contributed by atoms with E-state index in [1.807, 2.05) is 89.6 Å². The largest absolute Gasteiger partial charge is 0.349 e. The molecule has 1 unspecified atom stereocenters. The molecule has 2 aromatic carbocycles. The molecular formula is C23H23N3O2. The molecular weight excluding hydrogens is 350 g/mol. The van der Waals surface area contributed by atoms with Crippen molar-refractivity contribution in [3.63, 3.8) is 0 Å². The Labute approximate surface area is 164 Å². The molecule has 0 fully saturated rings. The van der Waals surface area contributed by atoms with Gasteiger partial charge in [-0.1, -0.05) is 66.7 Å². The molecule has 0 saturated heterocycles. The first-order valence-electron chi connectivity index (χ1n) is 9.21. The van der Waals surface area contributed by atoms with Gasteiger partial charge in [0.25, 0.3) is 0 Å². The average molecular weight is 373 g/mol. The molecule has 1 aromatic heterocycles. The highest BCUT2D eigenvalue weighted by molar-refractivity contribution is 5.79. The smallest absolute Gasteiger partial charge is 0.250 e. The second-order valence-corrected chi connectivity index (χ2v) is 6.55. The number of rotatable bonds is 6. The van der Waals surface area contributed by atoms with Crippen LogP contribution in [-0.2, 0) is 16.1 Å². The summed E-state index contributed by atoms with van der Waals surface area (Å²) in [6.07, 6.45) is 2.01. The first kappa shape index (κ1) is 19.3. The zero-order chi connectivity index (χ0) is 19.8. The lowest BCUT2D eigenvalue weighted by Gasteiger charge is -2.16. The second kappa shape index (κ2) is 9.46. The van der Waals surface area contributed by atoms with E-state index in [0.717, 1.165) is 11.1 Å². The summed E-state index contributed by atoms with van der Waals surface area (Å²) in [5, 5.41) is 2.84. The van der Waals surface area contributed by atoms with Gasteiger partial charge in [-0.25, -0.2) is 0 Å². The predicted molar refractivity (Wildman–Crippen MR) is 108 cm³/mol. The van der Waals surface area contributed by atoms with Crippen molar-refractivity contribution in [1.29, 1.82) is 0 Å². The summed E-state index contributed by atoms with van der Waals surface area (Å²) >= 11 is 0. The third-order valence-corrected chi connectivity index (χ3v) is 4.31. The van der Waals surface area contributed by atoms with Gasteiger partial charge >= 0.3 is 0 Å². The SMILES string of the molecule is CC(=O)NC(CC(=O)N=c1ccccn1Cc1ccccc1)c1ccccc1. The van der Waals surface area contributed by atoms with Crippen LogP contribution in [0, 0.1) is 0 Å². The average Bonchev–Trinajstić information content (AvgIpc) is 2.70. The third-order valence-electron chi connectivity index (χ3n) is 4.31. The maximum Gasteiger partial charge on any atom is 0.250 e. The van der Waals surface area contributed by atoms with Crippen molar-refractivity contribution < 1.29 is 9.59 Å². The minimum absolute atomic E-state index is 0.101. The number of pyridine rings is 1. The summed E-state index contributed by atoms with van der Waals surface area (Å²) in [5.41, 5.74) is 2.60. The van der Waals surface area contributed by atoms with Gasteiger partial charge in [0, 0.05) is 19.7 Å². The van der Waals surface area contributed by atoms with Crippen molar-refractivity contribution in [2.24, 2.45) is 4.99 Å². The minimum atomic E-state index is -0.402. The summed E-state index contributed by atoms with van der Waals surface area (Å²) < 4.78 is 1.93. The molecule has 0 radical (unpaired) electrons. The van der Waals surface area contributed by atoms with Crippen molar-refractivity contribution in [3.8, 4) is 0 Å². The maximum atomic E-state index is 12.7. The van der Waals surface area contributed by atoms with Crippen LogP contribution in [0.25, 0.3) is 0 Å². The fraction of sp³-hybridized carbons (Fsp3) is 0.174.